The highest BCUT2D eigenvalue weighted by atomic mass is 16.5. The molecule has 0 aliphatic heterocycles. The fraction of sp³-hybridized carbons (Fsp3) is 0.733. The smallest absolute Gasteiger partial charge is 0.137 e. The molecule has 0 bridgehead atoms. The summed E-state index contributed by atoms with van der Waals surface area (Å²) in [6, 6.07) is 0.220. The molecular weight excluding hydrogens is 268 g/mol. The second-order valence-corrected chi connectivity index (χ2v) is 5.09. The molecule has 0 fully saturated rings. The Balaban J connectivity index is 2.99. The van der Waals surface area contributed by atoms with Gasteiger partial charge in [0, 0.05) is 32.9 Å². The second-order valence-electron chi connectivity index (χ2n) is 5.09. The molecule has 0 aliphatic carbocycles. The lowest BCUT2D eigenvalue weighted by atomic mass is 10.2. The molecule has 0 saturated heterocycles. The fourth-order valence-electron chi connectivity index (χ4n) is 2.21. The SMILES string of the molecule is CCCNc1ncnc(N(CCOC)C(C)COC)c1C. The first-order valence-electron chi connectivity index (χ1n) is 7.45. The van der Waals surface area contributed by atoms with Crippen LogP contribution in [-0.4, -0.2) is 56.5 Å². The predicted octanol–water partition coefficient (Wildman–Crippen LogP) is 2.09. The van der Waals surface area contributed by atoms with Gasteiger partial charge in [-0.1, -0.05) is 6.92 Å². The Hall–Kier alpha value is -1.40. The van der Waals surface area contributed by atoms with Crippen molar-refractivity contribution < 1.29 is 9.47 Å². The lowest BCUT2D eigenvalue weighted by molar-refractivity contribution is 0.170. The third-order valence-electron chi connectivity index (χ3n) is 3.35. The van der Waals surface area contributed by atoms with Gasteiger partial charge in [-0.25, -0.2) is 9.97 Å². The minimum Gasteiger partial charge on any atom is -0.383 e. The number of aromatic nitrogens is 2. The zero-order chi connectivity index (χ0) is 15.7. The lowest BCUT2D eigenvalue weighted by Crippen LogP contribution is -2.39. The van der Waals surface area contributed by atoms with Crippen LogP contribution in [0.5, 0.6) is 0 Å². The van der Waals surface area contributed by atoms with Crippen LogP contribution in [0.25, 0.3) is 0 Å². The summed E-state index contributed by atoms with van der Waals surface area (Å²) in [6.45, 7) is 9.28. The molecule has 120 valence electrons. The Morgan fingerprint density at radius 3 is 2.67 bits per heavy atom. The van der Waals surface area contributed by atoms with Crippen LogP contribution in [0.4, 0.5) is 11.6 Å². The summed E-state index contributed by atoms with van der Waals surface area (Å²) in [4.78, 5) is 11.0. The summed E-state index contributed by atoms with van der Waals surface area (Å²) in [7, 11) is 3.42. The number of hydrogen-bond acceptors (Lipinski definition) is 6. The Labute approximate surface area is 127 Å². The maximum atomic E-state index is 5.28. The molecule has 0 radical (unpaired) electrons. The van der Waals surface area contributed by atoms with Crippen LogP contribution in [-0.2, 0) is 9.47 Å². The zero-order valence-corrected chi connectivity index (χ0v) is 13.8. The average molecular weight is 296 g/mol. The van der Waals surface area contributed by atoms with Crippen molar-refractivity contribution in [3.63, 3.8) is 0 Å². The molecule has 1 heterocycles. The average Bonchev–Trinajstić information content (AvgIpc) is 2.48. The lowest BCUT2D eigenvalue weighted by Gasteiger charge is -2.31. The normalized spacial score (nSPS) is 12.2. The van der Waals surface area contributed by atoms with E-state index in [2.05, 4.69) is 34.0 Å². The van der Waals surface area contributed by atoms with Crippen molar-refractivity contribution in [1.82, 2.24) is 9.97 Å². The molecule has 1 atom stereocenters. The van der Waals surface area contributed by atoms with Crippen molar-refractivity contribution in [3.8, 4) is 0 Å². The number of ether oxygens (including phenoxy) is 2. The van der Waals surface area contributed by atoms with Crippen molar-refractivity contribution >= 4 is 11.6 Å². The molecule has 0 spiro atoms. The summed E-state index contributed by atoms with van der Waals surface area (Å²) in [5, 5.41) is 3.34. The van der Waals surface area contributed by atoms with Crippen molar-refractivity contribution in [1.29, 1.82) is 0 Å². The van der Waals surface area contributed by atoms with E-state index in [1.54, 1.807) is 20.5 Å². The number of hydrogen-bond donors (Lipinski definition) is 1. The number of anilines is 2. The minimum absolute atomic E-state index is 0.220. The zero-order valence-electron chi connectivity index (χ0n) is 13.8. The van der Waals surface area contributed by atoms with Crippen molar-refractivity contribution in [2.24, 2.45) is 0 Å². The monoisotopic (exact) mass is 296 g/mol. The molecule has 0 amide bonds. The largest absolute Gasteiger partial charge is 0.383 e. The maximum Gasteiger partial charge on any atom is 0.137 e. The van der Waals surface area contributed by atoms with Crippen molar-refractivity contribution in [2.75, 3.05) is 50.7 Å². The highest BCUT2D eigenvalue weighted by Gasteiger charge is 2.19. The molecule has 0 aliphatic rings. The van der Waals surface area contributed by atoms with Gasteiger partial charge in [0.1, 0.15) is 18.0 Å². The van der Waals surface area contributed by atoms with Crippen molar-refractivity contribution in [3.05, 3.63) is 11.9 Å². The summed E-state index contributed by atoms with van der Waals surface area (Å²) < 4.78 is 10.5. The molecular formula is C15H28N4O2. The first-order valence-corrected chi connectivity index (χ1v) is 7.45. The summed E-state index contributed by atoms with van der Waals surface area (Å²) in [6.07, 6.45) is 2.67. The predicted molar refractivity (Wildman–Crippen MR) is 86.1 cm³/mol. The highest BCUT2D eigenvalue weighted by Crippen LogP contribution is 2.23. The minimum atomic E-state index is 0.220. The molecule has 1 aromatic heterocycles. The van der Waals surface area contributed by atoms with E-state index in [-0.39, 0.29) is 6.04 Å². The standard InChI is InChI=1S/C15H28N4O2/c1-6-7-16-14-13(3)15(18-11-17-14)19(8-9-20-4)12(2)10-21-5/h11-12H,6-10H2,1-5H3,(H,16,17,18). The molecule has 0 saturated carbocycles. The van der Waals surface area contributed by atoms with Gasteiger partial charge < -0.3 is 19.7 Å². The van der Waals surface area contributed by atoms with E-state index in [0.717, 1.165) is 36.7 Å². The van der Waals surface area contributed by atoms with Gasteiger partial charge in [-0.15, -0.1) is 0 Å². The molecule has 1 rings (SSSR count). The Morgan fingerprint density at radius 2 is 2.05 bits per heavy atom. The molecule has 1 unspecified atom stereocenters. The van der Waals surface area contributed by atoms with Gasteiger partial charge in [-0.05, 0) is 20.3 Å². The summed E-state index contributed by atoms with van der Waals surface area (Å²) in [5.74, 6) is 1.83. The third kappa shape index (κ3) is 5.13. The number of nitrogens with zero attached hydrogens (tertiary/aromatic N) is 3. The molecule has 0 aromatic carbocycles. The Bertz CT molecular complexity index is 415. The fourth-order valence-corrected chi connectivity index (χ4v) is 2.21. The van der Waals surface area contributed by atoms with Crippen LogP contribution < -0.4 is 10.2 Å². The van der Waals surface area contributed by atoms with Crippen LogP contribution >= 0.6 is 0 Å². The van der Waals surface area contributed by atoms with Gasteiger partial charge in [0.2, 0.25) is 0 Å². The number of nitrogens with one attached hydrogen (secondary N) is 1. The Kier molecular flexibility index (Phi) is 8.00. The molecule has 6 heteroatoms. The van der Waals surface area contributed by atoms with Crippen molar-refractivity contribution in [2.45, 2.75) is 33.2 Å². The first kappa shape index (κ1) is 17.7. The number of methoxy groups -OCH3 is 2. The summed E-state index contributed by atoms with van der Waals surface area (Å²) >= 11 is 0. The highest BCUT2D eigenvalue weighted by molar-refractivity contribution is 5.58. The van der Waals surface area contributed by atoms with E-state index in [4.69, 9.17) is 9.47 Å². The molecule has 6 nitrogen and oxygen atoms in total. The van der Waals surface area contributed by atoms with Gasteiger partial charge in [-0.2, -0.15) is 0 Å². The van der Waals surface area contributed by atoms with E-state index < -0.39 is 0 Å². The number of rotatable bonds is 10. The Morgan fingerprint density at radius 1 is 1.29 bits per heavy atom. The van der Waals surface area contributed by atoms with Gasteiger partial charge in [-0.3, -0.25) is 0 Å². The van der Waals surface area contributed by atoms with E-state index in [0.29, 0.717) is 13.2 Å². The van der Waals surface area contributed by atoms with Gasteiger partial charge in [0.15, 0.2) is 0 Å². The van der Waals surface area contributed by atoms with E-state index in [9.17, 15) is 0 Å². The van der Waals surface area contributed by atoms with Crippen LogP contribution in [0.1, 0.15) is 25.8 Å². The van der Waals surface area contributed by atoms with Crippen LogP contribution in [0, 0.1) is 6.92 Å². The molecule has 1 N–H and O–H groups in total. The first-order chi connectivity index (χ1) is 10.2. The van der Waals surface area contributed by atoms with E-state index >= 15 is 0 Å². The van der Waals surface area contributed by atoms with Gasteiger partial charge >= 0.3 is 0 Å². The molecule has 21 heavy (non-hydrogen) atoms. The third-order valence-corrected chi connectivity index (χ3v) is 3.35. The van der Waals surface area contributed by atoms with Crippen LogP contribution in [0.3, 0.4) is 0 Å². The van der Waals surface area contributed by atoms with E-state index in [1.165, 1.54) is 0 Å². The maximum absolute atomic E-state index is 5.28. The van der Waals surface area contributed by atoms with Gasteiger partial charge in [0.05, 0.1) is 19.3 Å². The van der Waals surface area contributed by atoms with Gasteiger partial charge in [0.25, 0.3) is 0 Å². The second kappa shape index (κ2) is 9.52. The summed E-state index contributed by atoms with van der Waals surface area (Å²) in [5.41, 5.74) is 1.06. The van der Waals surface area contributed by atoms with Crippen LogP contribution in [0.2, 0.25) is 0 Å². The van der Waals surface area contributed by atoms with E-state index in [1.807, 2.05) is 6.92 Å². The topological polar surface area (TPSA) is 59.5 Å². The quantitative estimate of drug-likeness (QED) is 0.713. The van der Waals surface area contributed by atoms with Crippen LogP contribution in [0.15, 0.2) is 6.33 Å². The molecule has 1 aromatic rings.